The molecule has 1 aromatic carbocycles. The van der Waals surface area contributed by atoms with Crippen LogP contribution in [-0.2, 0) is 31.0 Å². The molecule has 1 aliphatic rings. The molecule has 21 heavy (non-hydrogen) atoms. The zero-order chi connectivity index (χ0) is 14.5. The van der Waals surface area contributed by atoms with E-state index in [-0.39, 0.29) is 6.61 Å². The van der Waals surface area contributed by atoms with E-state index in [0.717, 1.165) is 36.6 Å². The summed E-state index contributed by atoms with van der Waals surface area (Å²) in [7, 11) is 0. The van der Waals surface area contributed by atoms with Gasteiger partial charge in [-0.05, 0) is 11.6 Å². The fourth-order valence-corrected chi connectivity index (χ4v) is 2.28. The van der Waals surface area contributed by atoms with Crippen molar-refractivity contribution in [3.8, 4) is 0 Å². The van der Waals surface area contributed by atoms with Crippen LogP contribution in [0.15, 0.2) is 36.4 Å². The van der Waals surface area contributed by atoms with Crippen LogP contribution in [0.3, 0.4) is 0 Å². The molecule has 2 N–H and O–H groups in total. The number of fused-ring (bicyclic) bond motifs is 1. The predicted octanol–water partition coefficient (Wildman–Crippen LogP) is 1.41. The van der Waals surface area contributed by atoms with Crippen LogP contribution in [0.25, 0.3) is 0 Å². The largest absolute Gasteiger partial charge is 0.445 e. The standard InChI is InChI=1S/C15H18N4O2/c20-15(21-11-12-4-2-1-3-5-12)17-9-13-8-14-10-16-6-7-19(14)18-13/h1-5,8,16H,6-7,9-11H2,(H,17,20). The van der Waals surface area contributed by atoms with Crippen molar-refractivity contribution in [2.24, 2.45) is 0 Å². The van der Waals surface area contributed by atoms with Crippen molar-refractivity contribution in [3.63, 3.8) is 0 Å². The SMILES string of the molecule is O=C(NCc1cc2n(n1)CCNC2)OCc1ccccc1. The molecule has 0 saturated carbocycles. The molecule has 2 heterocycles. The minimum absolute atomic E-state index is 0.274. The number of aromatic nitrogens is 2. The Kier molecular flexibility index (Phi) is 4.16. The van der Waals surface area contributed by atoms with Crippen LogP contribution < -0.4 is 10.6 Å². The van der Waals surface area contributed by atoms with Gasteiger partial charge in [0.15, 0.2) is 0 Å². The van der Waals surface area contributed by atoms with E-state index in [0.29, 0.717) is 6.54 Å². The molecule has 110 valence electrons. The number of hydrogen-bond donors (Lipinski definition) is 2. The summed E-state index contributed by atoms with van der Waals surface area (Å²) in [4.78, 5) is 11.7. The molecule has 1 aliphatic heterocycles. The number of nitrogens with one attached hydrogen (secondary N) is 2. The van der Waals surface area contributed by atoms with Crippen LogP contribution >= 0.6 is 0 Å². The quantitative estimate of drug-likeness (QED) is 0.892. The lowest BCUT2D eigenvalue weighted by atomic mass is 10.2. The normalized spacial score (nSPS) is 13.5. The van der Waals surface area contributed by atoms with E-state index in [1.807, 2.05) is 41.1 Å². The van der Waals surface area contributed by atoms with E-state index in [9.17, 15) is 4.79 Å². The first-order valence-corrected chi connectivity index (χ1v) is 7.02. The summed E-state index contributed by atoms with van der Waals surface area (Å²) in [6.45, 7) is 3.28. The lowest BCUT2D eigenvalue weighted by Crippen LogP contribution is -2.28. The highest BCUT2D eigenvalue weighted by Gasteiger charge is 2.12. The van der Waals surface area contributed by atoms with E-state index >= 15 is 0 Å². The first-order chi connectivity index (χ1) is 10.3. The highest BCUT2D eigenvalue weighted by atomic mass is 16.5. The molecule has 6 nitrogen and oxygen atoms in total. The van der Waals surface area contributed by atoms with E-state index < -0.39 is 6.09 Å². The summed E-state index contributed by atoms with van der Waals surface area (Å²) in [6.07, 6.45) is -0.428. The van der Waals surface area contributed by atoms with Crippen LogP contribution in [0, 0.1) is 0 Å². The minimum atomic E-state index is -0.428. The third-order valence-corrected chi connectivity index (χ3v) is 3.35. The topological polar surface area (TPSA) is 68.2 Å². The molecule has 0 saturated heterocycles. The van der Waals surface area contributed by atoms with Gasteiger partial charge in [-0.1, -0.05) is 30.3 Å². The molecule has 0 radical (unpaired) electrons. The molecule has 1 aromatic heterocycles. The molecule has 0 aliphatic carbocycles. The van der Waals surface area contributed by atoms with Crippen molar-refractivity contribution in [2.75, 3.05) is 6.54 Å². The Balaban J connectivity index is 1.46. The average Bonchev–Trinajstić information content (AvgIpc) is 2.95. The highest BCUT2D eigenvalue weighted by Crippen LogP contribution is 2.07. The van der Waals surface area contributed by atoms with Crippen LogP contribution in [0.5, 0.6) is 0 Å². The number of amides is 1. The van der Waals surface area contributed by atoms with Gasteiger partial charge in [0.2, 0.25) is 0 Å². The van der Waals surface area contributed by atoms with Gasteiger partial charge in [0, 0.05) is 13.1 Å². The predicted molar refractivity (Wildman–Crippen MR) is 77.4 cm³/mol. The van der Waals surface area contributed by atoms with Crippen LogP contribution in [0.4, 0.5) is 4.79 Å². The van der Waals surface area contributed by atoms with E-state index in [4.69, 9.17) is 4.74 Å². The number of rotatable bonds is 4. The summed E-state index contributed by atoms with van der Waals surface area (Å²) in [6, 6.07) is 11.6. The third-order valence-electron chi connectivity index (χ3n) is 3.35. The second-order valence-corrected chi connectivity index (χ2v) is 4.94. The first kappa shape index (κ1) is 13.6. The summed E-state index contributed by atoms with van der Waals surface area (Å²) in [5, 5.41) is 10.5. The maximum atomic E-state index is 11.7. The Morgan fingerprint density at radius 3 is 3.05 bits per heavy atom. The summed E-state index contributed by atoms with van der Waals surface area (Å²) in [5.41, 5.74) is 2.97. The van der Waals surface area contributed by atoms with Gasteiger partial charge in [0.05, 0.1) is 24.5 Å². The molecule has 0 fully saturated rings. The zero-order valence-corrected chi connectivity index (χ0v) is 11.7. The molecule has 1 amide bonds. The van der Waals surface area contributed by atoms with E-state index in [1.165, 1.54) is 0 Å². The Morgan fingerprint density at radius 1 is 1.38 bits per heavy atom. The summed E-state index contributed by atoms with van der Waals surface area (Å²) >= 11 is 0. The number of benzene rings is 1. The number of carbonyl (C=O) groups excluding carboxylic acids is 1. The monoisotopic (exact) mass is 286 g/mol. The van der Waals surface area contributed by atoms with Crippen molar-refractivity contribution < 1.29 is 9.53 Å². The molecule has 0 unspecified atom stereocenters. The Morgan fingerprint density at radius 2 is 2.24 bits per heavy atom. The van der Waals surface area contributed by atoms with Gasteiger partial charge >= 0.3 is 6.09 Å². The molecule has 0 atom stereocenters. The number of ether oxygens (including phenoxy) is 1. The number of carbonyl (C=O) groups is 1. The number of alkyl carbamates (subject to hydrolysis) is 1. The van der Waals surface area contributed by atoms with Gasteiger partial charge in [-0.2, -0.15) is 5.10 Å². The van der Waals surface area contributed by atoms with Crippen LogP contribution in [-0.4, -0.2) is 22.4 Å². The van der Waals surface area contributed by atoms with Gasteiger partial charge in [0.1, 0.15) is 6.61 Å². The molecule has 2 aromatic rings. The zero-order valence-electron chi connectivity index (χ0n) is 11.7. The third kappa shape index (κ3) is 3.61. The lowest BCUT2D eigenvalue weighted by molar-refractivity contribution is 0.139. The van der Waals surface area contributed by atoms with Gasteiger partial charge < -0.3 is 15.4 Å². The van der Waals surface area contributed by atoms with E-state index in [1.54, 1.807) is 0 Å². The lowest BCUT2D eigenvalue weighted by Gasteiger charge is -2.13. The van der Waals surface area contributed by atoms with Crippen LogP contribution in [0.1, 0.15) is 17.0 Å². The summed E-state index contributed by atoms with van der Waals surface area (Å²) < 4.78 is 7.13. The minimum Gasteiger partial charge on any atom is -0.445 e. The van der Waals surface area contributed by atoms with Gasteiger partial charge in [-0.15, -0.1) is 0 Å². The van der Waals surface area contributed by atoms with E-state index in [2.05, 4.69) is 15.7 Å². The first-order valence-electron chi connectivity index (χ1n) is 7.02. The maximum absolute atomic E-state index is 11.7. The molecule has 0 bridgehead atoms. The highest BCUT2D eigenvalue weighted by molar-refractivity contribution is 5.67. The molecule has 6 heteroatoms. The molecule has 0 spiro atoms. The van der Waals surface area contributed by atoms with Gasteiger partial charge in [0.25, 0.3) is 0 Å². The number of nitrogens with zero attached hydrogens (tertiary/aromatic N) is 2. The molecule has 3 rings (SSSR count). The second kappa shape index (κ2) is 6.41. The fourth-order valence-electron chi connectivity index (χ4n) is 2.28. The van der Waals surface area contributed by atoms with Gasteiger partial charge in [-0.25, -0.2) is 4.79 Å². The average molecular weight is 286 g/mol. The number of hydrogen-bond acceptors (Lipinski definition) is 4. The molecular formula is C15H18N4O2. The van der Waals surface area contributed by atoms with Gasteiger partial charge in [-0.3, -0.25) is 4.68 Å². The Hall–Kier alpha value is -2.34. The summed E-state index contributed by atoms with van der Waals surface area (Å²) in [5.74, 6) is 0. The second-order valence-electron chi connectivity index (χ2n) is 4.94. The Bertz CT molecular complexity index is 586. The smallest absolute Gasteiger partial charge is 0.407 e. The van der Waals surface area contributed by atoms with Crippen molar-refractivity contribution in [1.29, 1.82) is 0 Å². The van der Waals surface area contributed by atoms with Crippen LogP contribution in [0.2, 0.25) is 0 Å². The van der Waals surface area contributed by atoms with Crippen molar-refractivity contribution in [3.05, 3.63) is 53.3 Å². The maximum Gasteiger partial charge on any atom is 0.407 e. The van der Waals surface area contributed by atoms with Crippen molar-refractivity contribution in [2.45, 2.75) is 26.2 Å². The molecular weight excluding hydrogens is 268 g/mol. The fraction of sp³-hybridized carbons (Fsp3) is 0.333. The Labute approximate surface area is 123 Å². The van der Waals surface area contributed by atoms with Crippen molar-refractivity contribution in [1.82, 2.24) is 20.4 Å². The van der Waals surface area contributed by atoms with Crippen molar-refractivity contribution >= 4 is 6.09 Å².